The summed E-state index contributed by atoms with van der Waals surface area (Å²) in [5, 5.41) is 15.8. The number of anilines is 2. The Balaban J connectivity index is 0.0000000955. The largest absolute Gasteiger partial charge is 0.456 e. The van der Waals surface area contributed by atoms with Crippen molar-refractivity contribution in [1.82, 2.24) is 0 Å². The summed E-state index contributed by atoms with van der Waals surface area (Å²) < 4.78 is 12.9. The Morgan fingerprint density at radius 2 is 0.593 bits per heavy atom. The highest BCUT2D eigenvalue weighted by Crippen LogP contribution is 2.62. The van der Waals surface area contributed by atoms with Crippen LogP contribution in [0.1, 0.15) is 0 Å². The average molecular weight is 1210 g/mol. The second kappa shape index (κ2) is 19.8. The number of fused-ring (bicyclic) bond motifs is 21. The summed E-state index contributed by atoms with van der Waals surface area (Å²) in [5.74, 6) is 3.76. The van der Waals surface area contributed by atoms with Crippen LogP contribution in [0.3, 0.4) is 0 Å². The molecule has 0 atom stereocenters. The van der Waals surface area contributed by atoms with Crippen LogP contribution in [0.25, 0.3) is 143 Å². The zero-order valence-corrected chi connectivity index (χ0v) is 51.5. The molecule has 6 heterocycles. The van der Waals surface area contributed by atoms with E-state index in [2.05, 4.69) is 285 Å². The smallest absolute Gasteiger partial charge is 0.136 e. The summed E-state index contributed by atoms with van der Waals surface area (Å²) in [5.41, 5.74) is 20.7. The van der Waals surface area contributed by atoms with Gasteiger partial charge >= 0.3 is 0 Å². The number of para-hydroxylation sites is 2. The van der Waals surface area contributed by atoms with Crippen molar-refractivity contribution in [3.05, 3.63) is 279 Å². The van der Waals surface area contributed by atoms with E-state index < -0.39 is 0 Å². The predicted octanol–water partition coefficient (Wildman–Crippen LogP) is 25.3. The Hall–Kier alpha value is -10.5. The van der Waals surface area contributed by atoms with Crippen LogP contribution in [0, 0.1) is 0 Å². The molecule has 0 saturated heterocycles. The molecule has 91 heavy (non-hydrogen) atoms. The van der Waals surface area contributed by atoms with Crippen LogP contribution in [-0.4, -0.2) is 7.05 Å². The van der Waals surface area contributed by atoms with Crippen LogP contribution >= 0.6 is 35.3 Å². The maximum Gasteiger partial charge on any atom is 0.136 e. The summed E-state index contributed by atoms with van der Waals surface area (Å²) >= 11 is 5.62. The molecule has 0 spiro atoms. The first kappa shape index (κ1) is 51.4. The zero-order valence-electron chi connectivity index (χ0n) is 49.0. The van der Waals surface area contributed by atoms with Crippen LogP contribution in [0.4, 0.5) is 11.4 Å². The van der Waals surface area contributed by atoms with E-state index >= 15 is 0 Å². The van der Waals surface area contributed by atoms with E-state index in [1.807, 2.05) is 41.4 Å². The second-order valence-electron chi connectivity index (χ2n) is 24.0. The van der Waals surface area contributed by atoms with Gasteiger partial charge in [0.2, 0.25) is 0 Å². The van der Waals surface area contributed by atoms with Gasteiger partial charge in [-0.3, -0.25) is 0 Å². The lowest BCUT2D eigenvalue weighted by molar-refractivity contribution is 0.486. The van der Waals surface area contributed by atoms with E-state index in [0.29, 0.717) is 0 Å². The monoisotopic (exact) mass is 1210 g/mol. The van der Waals surface area contributed by atoms with E-state index in [1.165, 1.54) is 178 Å². The average Bonchev–Trinajstić information content (AvgIpc) is 0.741. The van der Waals surface area contributed by atoms with Crippen LogP contribution in [0.5, 0.6) is 23.0 Å². The van der Waals surface area contributed by atoms with Crippen molar-refractivity contribution in [3.63, 3.8) is 0 Å². The Labute approximate surface area is 538 Å². The lowest BCUT2D eigenvalue weighted by Gasteiger charge is -2.34. The van der Waals surface area contributed by atoms with Crippen molar-refractivity contribution in [1.29, 1.82) is 0 Å². The molecule has 16 aromatic rings. The topological polar surface area (TPSA) is 21.7 Å². The summed E-state index contributed by atoms with van der Waals surface area (Å²) in [7, 11) is 2.19. The molecule has 0 radical (unpaired) electrons. The first-order chi connectivity index (χ1) is 45.1. The predicted molar refractivity (Wildman–Crippen MR) is 383 cm³/mol. The van der Waals surface area contributed by atoms with Crippen LogP contribution in [-0.2, 0) is 0 Å². The molecule has 0 unspecified atom stereocenters. The summed E-state index contributed by atoms with van der Waals surface area (Å²) in [6, 6.07) is 101. The lowest BCUT2D eigenvalue weighted by Crippen LogP contribution is -2.15. The van der Waals surface area contributed by atoms with E-state index in [9.17, 15) is 0 Å². The third-order valence-corrected chi connectivity index (χ3v) is 22.7. The molecule has 0 saturated carbocycles. The number of hydrogen-bond donors (Lipinski definition) is 0. The molecule has 6 aliphatic rings. The van der Waals surface area contributed by atoms with Crippen molar-refractivity contribution in [2.24, 2.45) is 0 Å². The van der Waals surface area contributed by atoms with Gasteiger partial charge in [0.05, 0.1) is 0 Å². The maximum absolute atomic E-state index is 6.55. The fourth-order valence-electron chi connectivity index (χ4n) is 15.5. The molecule has 0 aromatic heterocycles. The van der Waals surface area contributed by atoms with Crippen molar-refractivity contribution < 1.29 is 9.47 Å². The third kappa shape index (κ3) is 7.44. The molecule has 0 aliphatic carbocycles. The number of nitrogens with zero attached hydrogens (tertiary/aromatic N) is 1. The molecular weight excluding hydrogens is 1160 g/mol. The third-order valence-electron chi connectivity index (χ3n) is 19.3. The molecular formula is C85H49NO2S3. The van der Waals surface area contributed by atoms with Gasteiger partial charge in [0.1, 0.15) is 23.0 Å². The zero-order chi connectivity index (χ0) is 59.6. The van der Waals surface area contributed by atoms with Gasteiger partial charge in [-0.15, -0.1) is 0 Å². The van der Waals surface area contributed by atoms with Crippen molar-refractivity contribution in [3.8, 4) is 101 Å². The van der Waals surface area contributed by atoms with Gasteiger partial charge in [-0.25, -0.2) is 0 Å². The Morgan fingerprint density at radius 3 is 1.11 bits per heavy atom. The number of hydrogen-bond acceptors (Lipinski definition) is 6. The fraction of sp³-hybridized carbons (Fsp3) is 0.0118. The standard InChI is InChI=1S/C32H18OS.C27H17NS.C26H14OS/c1-2-8-19(9-3-1)20-14-15-25-24(18-20)30-22-11-5-4-10-21(22)29-23-12-6-7-13-27(23)34-28-17-16-26(33-25)31(30)32(28)29;1-28-20-12-6-4-10-18(20)24-16-8-2-3-9-17(16)25-19-11-5-7-13-22(19)29-23-15-14-21(28)26(24)27(23)25;1-2-8-16-15(7-1)23-17-9-3-5-11-19(17)27-20-13-14-22-26(25(20)23)24(16)18-10-4-6-12-21(18)28-22/h1-18H;2-15H,1H3;1-14H. The SMILES string of the molecule is CN1c2ccccc2-c2c3ccccc3c3c4c(ccc1c24)Sc1ccccc1-3.c1ccc(-c2ccc3c(c2)-c2c4ccccc4c4c5c(ccc(c25)O3)Sc2ccccc2-4)cc1.c1ccc2c(c1)Oc1ccc3c4c(c5ccccc5c-2c14)-c1ccccc1S3. The normalized spacial score (nSPS) is 13.1. The van der Waals surface area contributed by atoms with E-state index in [1.54, 1.807) is 0 Å². The maximum atomic E-state index is 6.55. The molecule has 424 valence electrons. The molecule has 6 heteroatoms. The van der Waals surface area contributed by atoms with Gasteiger partial charge in [-0.2, -0.15) is 0 Å². The summed E-state index contributed by atoms with van der Waals surface area (Å²) in [4.78, 5) is 10.3. The lowest BCUT2D eigenvalue weighted by atomic mass is 9.82. The van der Waals surface area contributed by atoms with Crippen LogP contribution in [0.2, 0.25) is 0 Å². The van der Waals surface area contributed by atoms with E-state index in [4.69, 9.17) is 9.47 Å². The van der Waals surface area contributed by atoms with Gasteiger partial charge in [0.25, 0.3) is 0 Å². The number of rotatable bonds is 1. The Kier molecular flexibility index (Phi) is 11.2. The minimum atomic E-state index is 0.921. The summed E-state index contributed by atoms with van der Waals surface area (Å²) in [6.45, 7) is 0. The van der Waals surface area contributed by atoms with E-state index in [0.717, 1.165) is 28.6 Å². The highest BCUT2D eigenvalue weighted by Gasteiger charge is 2.34. The van der Waals surface area contributed by atoms with Gasteiger partial charge < -0.3 is 14.4 Å². The molecule has 16 aromatic carbocycles. The van der Waals surface area contributed by atoms with Gasteiger partial charge in [-0.1, -0.05) is 235 Å². The minimum Gasteiger partial charge on any atom is -0.456 e. The molecule has 0 bridgehead atoms. The Bertz CT molecular complexity index is 5800. The van der Waals surface area contributed by atoms with Crippen molar-refractivity contribution >= 4 is 111 Å². The molecule has 3 nitrogen and oxygen atoms in total. The quantitative estimate of drug-likeness (QED) is 0.152. The molecule has 22 rings (SSSR count). The van der Waals surface area contributed by atoms with Gasteiger partial charge in [-0.05, 0) is 156 Å². The molecule has 0 fully saturated rings. The molecule has 6 aliphatic heterocycles. The fourth-order valence-corrected chi connectivity index (χ4v) is 18.8. The van der Waals surface area contributed by atoms with Crippen LogP contribution < -0.4 is 14.4 Å². The van der Waals surface area contributed by atoms with E-state index in [-0.39, 0.29) is 0 Å². The van der Waals surface area contributed by atoms with Crippen LogP contribution in [0.15, 0.2) is 308 Å². The van der Waals surface area contributed by atoms with Crippen molar-refractivity contribution in [2.75, 3.05) is 11.9 Å². The van der Waals surface area contributed by atoms with Gasteiger partial charge in [0.15, 0.2) is 0 Å². The Morgan fingerprint density at radius 1 is 0.231 bits per heavy atom. The minimum absolute atomic E-state index is 0.921. The van der Waals surface area contributed by atoms with Crippen molar-refractivity contribution in [2.45, 2.75) is 29.4 Å². The number of ether oxygens (including phenoxy) is 2. The molecule has 0 N–H and O–H groups in total. The second-order valence-corrected chi connectivity index (χ2v) is 27.2. The molecule has 0 amide bonds. The number of benzene rings is 16. The first-order valence-corrected chi connectivity index (χ1v) is 33.4. The first-order valence-electron chi connectivity index (χ1n) is 30.9. The summed E-state index contributed by atoms with van der Waals surface area (Å²) in [6.07, 6.45) is 0. The highest BCUT2D eigenvalue weighted by atomic mass is 32.2. The highest BCUT2D eigenvalue weighted by molar-refractivity contribution is 8.00. The van der Waals surface area contributed by atoms with Gasteiger partial charge in [0, 0.05) is 113 Å².